The van der Waals surface area contributed by atoms with E-state index in [9.17, 15) is 4.79 Å². The van der Waals surface area contributed by atoms with Crippen LogP contribution >= 0.6 is 0 Å². The van der Waals surface area contributed by atoms with Crippen molar-refractivity contribution in [2.45, 2.75) is 25.7 Å². The van der Waals surface area contributed by atoms with E-state index in [1.807, 2.05) is 0 Å². The van der Waals surface area contributed by atoms with Crippen molar-refractivity contribution in [3.63, 3.8) is 0 Å². The predicted octanol–water partition coefficient (Wildman–Crippen LogP) is 1.74. The average Bonchev–Trinajstić information content (AvgIpc) is 2.79. The average molecular weight is 222 g/mol. The molecular weight excluding hydrogens is 208 g/mol. The Hall–Kier alpha value is -1.65. The molecule has 16 heavy (non-hydrogen) atoms. The van der Waals surface area contributed by atoms with Crippen LogP contribution < -0.4 is 4.74 Å². The number of ether oxygens (including phenoxy) is 1. The van der Waals surface area contributed by atoms with E-state index in [1.165, 1.54) is 38.1 Å². The van der Waals surface area contributed by atoms with Crippen LogP contribution in [-0.2, 0) is 0 Å². The third-order valence-electron chi connectivity index (χ3n) is 2.77. The lowest BCUT2D eigenvalue weighted by Crippen LogP contribution is -2.10. The molecule has 1 aliphatic carbocycles. The summed E-state index contributed by atoms with van der Waals surface area (Å²) in [6.45, 7) is 0.609. The fourth-order valence-electron chi connectivity index (χ4n) is 1.90. The third kappa shape index (κ3) is 2.68. The highest BCUT2D eigenvalue weighted by Crippen LogP contribution is 2.25. The Labute approximate surface area is 93.5 Å². The molecule has 0 bridgehead atoms. The van der Waals surface area contributed by atoms with Gasteiger partial charge in [-0.05, 0) is 18.8 Å². The van der Waals surface area contributed by atoms with E-state index in [4.69, 9.17) is 9.84 Å². The first-order chi connectivity index (χ1) is 7.75. The number of aromatic nitrogens is 2. The molecule has 1 aromatic heterocycles. The van der Waals surface area contributed by atoms with E-state index >= 15 is 0 Å². The summed E-state index contributed by atoms with van der Waals surface area (Å²) in [5.41, 5.74) is -0.0797. The fraction of sp³-hybridized carbons (Fsp3) is 0.545. The molecule has 0 aliphatic heterocycles. The van der Waals surface area contributed by atoms with Crippen molar-refractivity contribution in [3.05, 3.63) is 18.1 Å². The summed E-state index contributed by atoms with van der Waals surface area (Å²) in [5, 5.41) is 8.73. The second-order valence-corrected chi connectivity index (χ2v) is 4.01. The number of nitrogens with zero attached hydrogens (tertiary/aromatic N) is 2. The Morgan fingerprint density at radius 3 is 2.88 bits per heavy atom. The Kier molecular flexibility index (Phi) is 3.34. The minimum Gasteiger partial charge on any atom is -0.476 e. The molecule has 1 aliphatic rings. The Morgan fingerprint density at radius 2 is 2.19 bits per heavy atom. The first-order valence-corrected chi connectivity index (χ1v) is 5.44. The maximum Gasteiger partial charge on any atom is 0.356 e. The highest BCUT2D eigenvalue weighted by Gasteiger charge is 2.16. The van der Waals surface area contributed by atoms with Gasteiger partial charge in [0.1, 0.15) is 0 Å². The van der Waals surface area contributed by atoms with Gasteiger partial charge in [0.15, 0.2) is 5.69 Å². The van der Waals surface area contributed by atoms with Crippen LogP contribution in [0.15, 0.2) is 12.4 Å². The second-order valence-electron chi connectivity index (χ2n) is 4.01. The minimum absolute atomic E-state index is 0.0797. The maximum absolute atomic E-state index is 10.7. The van der Waals surface area contributed by atoms with Gasteiger partial charge in [0, 0.05) is 0 Å². The van der Waals surface area contributed by atoms with Crippen LogP contribution in [0.4, 0.5) is 0 Å². The topological polar surface area (TPSA) is 72.3 Å². The zero-order valence-electron chi connectivity index (χ0n) is 8.93. The number of carbonyl (C=O) groups is 1. The molecule has 0 radical (unpaired) electrons. The van der Waals surface area contributed by atoms with Crippen LogP contribution in [0, 0.1) is 5.92 Å². The first-order valence-electron chi connectivity index (χ1n) is 5.44. The van der Waals surface area contributed by atoms with Gasteiger partial charge in [-0.3, -0.25) is 4.98 Å². The molecule has 0 spiro atoms. The lowest BCUT2D eigenvalue weighted by molar-refractivity contribution is 0.0688. The number of carboxylic acids is 1. The van der Waals surface area contributed by atoms with E-state index in [1.54, 1.807) is 0 Å². The molecule has 5 nitrogen and oxygen atoms in total. The summed E-state index contributed by atoms with van der Waals surface area (Å²) in [5.74, 6) is -0.207. The number of rotatable bonds is 4. The highest BCUT2D eigenvalue weighted by atomic mass is 16.5. The quantitative estimate of drug-likeness (QED) is 0.840. The van der Waals surface area contributed by atoms with Crippen molar-refractivity contribution in [1.29, 1.82) is 0 Å². The largest absolute Gasteiger partial charge is 0.476 e. The molecule has 0 atom stereocenters. The highest BCUT2D eigenvalue weighted by molar-refractivity contribution is 5.84. The van der Waals surface area contributed by atoms with Gasteiger partial charge in [-0.2, -0.15) is 0 Å². The van der Waals surface area contributed by atoms with Gasteiger partial charge >= 0.3 is 5.97 Å². The molecule has 0 aromatic carbocycles. The van der Waals surface area contributed by atoms with Crippen molar-refractivity contribution in [2.24, 2.45) is 5.92 Å². The van der Waals surface area contributed by atoms with Gasteiger partial charge < -0.3 is 9.84 Å². The van der Waals surface area contributed by atoms with E-state index in [0.717, 1.165) is 0 Å². The SMILES string of the molecule is O=C(O)c1cncc(OCC2CCCC2)n1. The Balaban J connectivity index is 1.93. The molecule has 5 heteroatoms. The third-order valence-corrected chi connectivity index (χ3v) is 2.77. The summed E-state index contributed by atoms with van der Waals surface area (Å²) in [7, 11) is 0. The lowest BCUT2D eigenvalue weighted by Gasteiger charge is -2.10. The zero-order chi connectivity index (χ0) is 11.4. The number of hydrogen-bond donors (Lipinski definition) is 1. The summed E-state index contributed by atoms with van der Waals surface area (Å²) in [6.07, 6.45) is 7.55. The monoisotopic (exact) mass is 222 g/mol. The van der Waals surface area contributed by atoms with Crippen LogP contribution in [0.25, 0.3) is 0 Å². The molecule has 2 rings (SSSR count). The molecule has 0 saturated heterocycles. The van der Waals surface area contributed by atoms with Crippen molar-refractivity contribution in [1.82, 2.24) is 9.97 Å². The minimum atomic E-state index is -1.08. The molecule has 1 aromatic rings. The summed E-state index contributed by atoms with van der Waals surface area (Å²) in [4.78, 5) is 18.3. The zero-order valence-corrected chi connectivity index (χ0v) is 8.93. The van der Waals surface area contributed by atoms with Crippen LogP contribution in [0.5, 0.6) is 5.88 Å². The van der Waals surface area contributed by atoms with E-state index in [-0.39, 0.29) is 5.69 Å². The van der Waals surface area contributed by atoms with Crippen LogP contribution in [0.1, 0.15) is 36.2 Å². The lowest BCUT2D eigenvalue weighted by atomic mass is 10.1. The normalized spacial score (nSPS) is 16.2. The number of carboxylic acid groups (broad SMARTS) is 1. The van der Waals surface area contributed by atoms with Gasteiger partial charge in [0.2, 0.25) is 5.88 Å². The van der Waals surface area contributed by atoms with Gasteiger partial charge in [0.25, 0.3) is 0 Å². The maximum atomic E-state index is 10.7. The van der Waals surface area contributed by atoms with Gasteiger partial charge in [-0.25, -0.2) is 9.78 Å². The molecule has 86 valence electrons. The van der Waals surface area contributed by atoms with E-state index < -0.39 is 5.97 Å². The standard InChI is InChI=1S/C11H14N2O3/c14-11(15)9-5-12-6-10(13-9)16-7-8-3-1-2-4-8/h5-6,8H,1-4,7H2,(H,14,15). The van der Waals surface area contributed by atoms with Crippen LogP contribution in [-0.4, -0.2) is 27.7 Å². The second kappa shape index (κ2) is 4.92. The summed E-state index contributed by atoms with van der Waals surface area (Å²) in [6, 6.07) is 0. The molecular formula is C11H14N2O3. The van der Waals surface area contributed by atoms with Gasteiger partial charge in [-0.15, -0.1) is 0 Å². The fourth-order valence-corrected chi connectivity index (χ4v) is 1.90. The number of aromatic carboxylic acids is 1. The van der Waals surface area contributed by atoms with E-state index in [2.05, 4.69) is 9.97 Å². The predicted molar refractivity (Wildman–Crippen MR) is 56.4 cm³/mol. The molecule has 0 unspecified atom stereocenters. The summed E-state index contributed by atoms with van der Waals surface area (Å²) < 4.78 is 5.44. The van der Waals surface area contributed by atoms with Crippen LogP contribution in [0.2, 0.25) is 0 Å². The van der Waals surface area contributed by atoms with Gasteiger partial charge in [-0.1, -0.05) is 12.8 Å². The van der Waals surface area contributed by atoms with Crippen molar-refractivity contribution >= 4 is 5.97 Å². The molecule has 1 heterocycles. The number of hydrogen-bond acceptors (Lipinski definition) is 4. The van der Waals surface area contributed by atoms with Gasteiger partial charge in [0.05, 0.1) is 19.0 Å². The molecule has 0 amide bonds. The van der Waals surface area contributed by atoms with Crippen molar-refractivity contribution < 1.29 is 14.6 Å². The summed E-state index contributed by atoms with van der Waals surface area (Å²) >= 11 is 0. The Morgan fingerprint density at radius 1 is 1.44 bits per heavy atom. The first kappa shape index (κ1) is 10.9. The smallest absolute Gasteiger partial charge is 0.356 e. The van der Waals surface area contributed by atoms with E-state index in [0.29, 0.717) is 18.4 Å². The molecule has 1 fully saturated rings. The molecule has 1 N–H and O–H groups in total. The molecule has 1 saturated carbocycles. The van der Waals surface area contributed by atoms with Crippen molar-refractivity contribution in [3.8, 4) is 5.88 Å². The van der Waals surface area contributed by atoms with Crippen molar-refractivity contribution in [2.75, 3.05) is 6.61 Å². The van der Waals surface area contributed by atoms with Crippen LogP contribution in [0.3, 0.4) is 0 Å². The Bertz CT molecular complexity index is 375.